The molecule has 0 N–H and O–H groups in total. The van der Waals surface area contributed by atoms with Gasteiger partial charge in [0.2, 0.25) is 5.79 Å². The predicted octanol–water partition coefficient (Wildman–Crippen LogP) is 1.40. The lowest BCUT2D eigenvalue weighted by Crippen LogP contribution is -2.41. The number of thiol groups is 1. The van der Waals surface area contributed by atoms with E-state index < -0.39 is 5.79 Å². The fourth-order valence-electron chi connectivity index (χ4n) is 1.05. The lowest BCUT2D eigenvalue weighted by atomic mass is 10.1. The third-order valence-corrected chi connectivity index (χ3v) is 2.32. The molecule has 1 rings (SSSR count). The van der Waals surface area contributed by atoms with Crippen LogP contribution >= 0.6 is 12.6 Å². The molecule has 0 saturated carbocycles. The third kappa shape index (κ3) is 1.50. The van der Waals surface area contributed by atoms with Crippen molar-refractivity contribution in [2.45, 2.75) is 11.0 Å². The molecule has 1 aliphatic rings. The van der Waals surface area contributed by atoms with Gasteiger partial charge in [-0.3, -0.25) is 0 Å². The van der Waals surface area contributed by atoms with Crippen LogP contribution in [0.3, 0.4) is 0 Å². The second-order valence-electron chi connectivity index (χ2n) is 2.32. The Morgan fingerprint density at radius 3 is 2.27 bits per heavy atom. The van der Waals surface area contributed by atoms with E-state index in [9.17, 15) is 0 Å². The van der Waals surface area contributed by atoms with Crippen molar-refractivity contribution in [2.75, 3.05) is 14.2 Å². The van der Waals surface area contributed by atoms with Crippen LogP contribution in [0.1, 0.15) is 0 Å². The number of hydrogen-bond donors (Lipinski definition) is 1. The van der Waals surface area contributed by atoms with Gasteiger partial charge in [0.15, 0.2) is 0 Å². The van der Waals surface area contributed by atoms with Crippen molar-refractivity contribution in [3.05, 3.63) is 24.3 Å². The second kappa shape index (κ2) is 3.43. The fraction of sp³-hybridized carbons (Fsp3) is 0.500. The van der Waals surface area contributed by atoms with Crippen molar-refractivity contribution in [1.82, 2.24) is 0 Å². The lowest BCUT2D eigenvalue weighted by molar-refractivity contribution is -0.163. The van der Waals surface area contributed by atoms with Gasteiger partial charge in [0.05, 0.1) is 5.25 Å². The molecule has 0 aromatic heterocycles. The normalized spacial score (nSPS) is 27.4. The van der Waals surface area contributed by atoms with E-state index in [4.69, 9.17) is 9.47 Å². The highest BCUT2D eigenvalue weighted by atomic mass is 32.1. The topological polar surface area (TPSA) is 18.5 Å². The minimum absolute atomic E-state index is 0.0394. The summed E-state index contributed by atoms with van der Waals surface area (Å²) < 4.78 is 10.4. The van der Waals surface area contributed by atoms with Crippen LogP contribution in [0.2, 0.25) is 0 Å². The van der Waals surface area contributed by atoms with Crippen LogP contribution in [-0.4, -0.2) is 25.3 Å². The fourth-order valence-corrected chi connectivity index (χ4v) is 1.45. The third-order valence-electron chi connectivity index (χ3n) is 1.78. The van der Waals surface area contributed by atoms with Gasteiger partial charge < -0.3 is 9.47 Å². The van der Waals surface area contributed by atoms with Crippen molar-refractivity contribution in [3.8, 4) is 0 Å². The first-order chi connectivity index (χ1) is 5.25. The van der Waals surface area contributed by atoms with Crippen molar-refractivity contribution >= 4 is 12.6 Å². The van der Waals surface area contributed by atoms with E-state index >= 15 is 0 Å². The maximum atomic E-state index is 5.20. The minimum atomic E-state index is -0.683. The Hall–Kier alpha value is -0.250. The summed E-state index contributed by atoms with van der Waals surface area (Å²) in [6, 6.07) is 0. The molecule has 0 amide bonds. The SMILES string of the molecule is COC1(OC)C=CC=CC1S. The molecule has 0 heterocycles. The first-order valence-electron chi connectivity index (χ1n) is 3.39. The van der Waals surface area contributed by atoms with Crippen molar-refractivity contribution in [3.63, 3.8) is 0 Å². The van der Waals surface area contributed by atoms with E-state index in [1.165, 1.54) is 0 Å². The first-order valence-corrected chi connectivity index (χ1v) is 3.91. The van der Waals surface area contributed by atoms with Crippen molar-refractivity contribution in [1.29, 1.82) is 0 Å². The van der Waals surface area contributed by atoms with Gasteiger partial charge in [-0.2, -0.15) is 12.6 Å². The molecule has 0 fully saturated rings. The summed E-state index contributed by atoms with van der Waals surface area (Å²) in [6.45, 7) is 0. The smallest absolute Gasteiger partial charge is 0.203 e. The molecular formula is C8H12O2S. The van der Waals surface area contributed by atoms with E-state index in [2.05, 4.69) is 12.6 Å². The zero-order valence-corrected chi connectivity index (χ0v) is 7.54. The highest BCUT2D eigenvalue weighted by molar-refractivity contribution is 7.81. The average Bonchev–Trinajstić information content (AvgIpc) is 2.06. The summed E-state index contributed by atoms with van der Waals surface area (Å²) in [6.07, 6.45) is 7.59. The zero-order chi connectivity index (χ0) is 8.32. The van der Waals surface area contributed by atoms with Crippen molar-refractivity contribution < 1.29 is 9.47 Å². The van der Waals surface area contributed by atoms with Gasteiger partial charge in [0, 0.05) is 14.2 Å². The molecule has 62 valence electrons. The molecule has 11 heavy (non-hydrogen) atoms. The molecule has 0 spiro atoms. The molecule has 0 bridgehead atoms. The molecule has 0 aliphatic heterocycles. The molecule has 2 nitrogen and oxygen atoms in total. The summed E-state index contributed by atoms with van der Waals surface area (Å²) in [5.74, 6) is -0.683. The number of allylic oxidation sites excluding steroid dienone is 2. The Bertz CT molecular complexity index is 183. The number of ether oxygens (including phenoxy) is 2. The minimum Gasteiger partial charge on any atom is -0.349 e. The molecule has 1 aliphatic carbocycles. The molecule has 0 radical (unpaired) electrons. The molecule has 1 atom stereocenters. The summed E-state index contributed by atoms with van der Waals surface area (Å²) in [5.41, 5.74) is 0. The van der Waals surface area contributed by atoms with Gasteiger partial charge in [-0.1, -0.05) is 18.2 Å². The molecular weight excluding hydrogens is 160 g/mol. The van der Waals surface area contributed by atoms with Gasteiger partial charge in [0.25, 0.3) is 0 Å². The Morgan fingerprint density at radius 2 is 1.91 bits per heavy atom. The number of hydrogen-bond acceptors (Lipinski definition) is 3. The molecule has 0 saturated heterocycles. The quantitative estimate of drug-likeness (QED) is 0.501. The summed E-state index contributed by atoms with van der Waals surface area (Å²) in [5, 5.41) is -0.0394. The van der Waals surface area contributed by atoms with Crippen LogP contribution in [0, 0.1) is 0 Å². The summed E-state index contributed by atoms with van der Waals surface area (Å²) >= 11 is 4.31. The number of rotatable bonds is 2. The monoisotopic (exact) mass is 172 g/mol. The van der Waals surface area contributed by atoms with Gasteiger partial charge in [-0.25, -0.2) is 0 Å². The van der Waals surface area contributed by atoms with Gasteiger partial charge in [-0.15, -0.1) is 0 Å². The van der Waals surface area contributed by atoms with E-state index in [0.717, 1.165) is 0 Å². The van der Waals surface area contributed by atoms with Crippen LogP contribution < -0.4 is 0 Å². The summed E-state index contributed by atoms with van der Waals surface area (Å²) in [4.78, 5) is 0. The maximum absolute atomic E-state index is 5.20. The highest BCUT2D eigenvalue weighted by Crippen LogP contribution is 2.26. The zero-order valence-electron chi connectivity index (χ0n) is 6.65. The molecule has 0 aromatic carbocycles. The van der Waals surface area contributed by atoms with Crippen LogP contribution in [0.15, 0.2) is 24.3 Å². The average molecular weight is 172 g/mol. The second-order valence-corrected chi connectivity index (χ2v) is 2.87. The van der Waals surface area contributed by atoms with Crippen LogP contribution in [0.5, 0.6) is 0 Å². The van der Waals surface area contributed by atoms with Crippen LogP contribution in [0.4, 0.5) is 0 Å². The van der Waals surface area contributed by atoms with E-state index in [1.54, 1.807) is 14.2 Å². The van der Waals surface area contributed by atoms with Crippen LogP contribution in [0.25, 0.3) is 0 Å². The Morgan fingerprint density at radius 1 is 1.27 bits per heavy atom. The van der Waals surface area contributed by atoms with Crippen LogP contribution in [-0.2, 0) is 9.47 Å². The summed E-state index contributed by atoms with van der Waals surface area (Å²) in [7, 11) is 3.21. The Kier molecular flexibility index (Phi) is 2.76. The van der Waals surface area contributed by atoms with Gasteiger partial charge in [-0.05, 0) is 6.08 Å². The standard InChI is InChI=1S/C8H12O2S/c1-9-8(10-2)6-4-3-5-7(8)11/h3-7,11H,1-2H3. The van der Waals surface area contributed by atoms with E-state index in [-0.39, 0.29) is 5.25 Å². The van der Waals surface area contributed by atoms with E-state index in [0.29, 0.717) is 0 Å². The molecule has 0 aromatic rings. The predicted molar refractivity (Wildman–Crippen MR) is 47.8 cm³/mol. The molecule has 3 heteroatoms. The van der Waals surface area contributed by atoms with E-state index in [1.807, 2.05) is 24.3 Å². The highest BCUT2D eigenvalue weighted by Gasteiger charge is 2.33. The number of methoxy groups -OCH3 is 2. The first kappa shape index (κ1) is 8.84. The molecule has 1 unspecified atom stereocenters. The maximum Gasteiger partial charge on any atom is 0.203 e. The Labute approximate surface area is 72.3 Å². The van der Waals surface area contributed by atoms with Gasteiger partial charge >= 0.3 is 0 Å². The Balaban J connectivity index is 2.82. The largest absolute Gasteiger partial charge is 0.349 e. The lowest BCUT2D eigenvalue weighted by Gasteiger charge is -2.32. The van der Waals surface area contributed by atoms with Crippen molar-refractivity contribution in [2.24, 2.45) is 0 Å². The van der Waals surface area contributed by atoms with Gasteiger partial charge in [0.1, 0.15) is 0 Å².